The van der Waals surface area contributed by atoms with E-state index >= 15 is 0 Å². The summed E-state index contributed by atoms with van der Waals surface area (Å²) >= 11 is 0. The van der Waals surface area contributed by atoms with Crippen LogP contribution in [0, 0.1) is 0 Å². The Kier molecular flexibility index (Phi) is 3.41. The highest BCUT2D eigenvalue weighted by atomic mass is 15.3. The van der Waals surface area contributed by atoms with Crippen molar-refractivity contribution in [1.29, 1.82) is 0 Å². The van der Waals surface area contributed by atoms with Gasteiger partial charge in [0.25, 0.3) is 0 Å². The van der Waals surface area contributed by atoms with Crippen molar-refractivity contribution in [1.82, 2.24) is 9.97 Å². The van der Waals surface area contributed by atoms with Crippen molar-refractivity contribution >= 4 is 34.0 Å². The van der Waals surface area contributed by atoms with E-state index < -0.39 is 0 Å². The van der Waals surface area contributed by atoms with Gasteiger partial charge in [-0.3, -0.25) is 5.43 Å². The smallest absolute Gasteiger partial charge is 0.0901 e. The SMILES string of the molecule is C(=N\Nc1ccccc1)/c1ccc2nc3ccccc3nc2c1. The van der Waals surface area contributed by atoms with Crippen LogP contribution in [0.2, 0.25) is 0 Å². The summed E-state index contributed by atoms with van der Waals surface area (Å²) in [6, 6.07) is 23.7. The average Bonchev–Trinajstić information content (AvgIpc) is 2.61. The number of hydrazone groups is 1. The van der Waals surface area contributed by atoms with E-state index in [1.54, 1.807) is 6.21 Å². The van der Waals surface area contributed by atoms with Gasteiger partial charge in [-0.05, 0) is 42.0 Å². The van der Waals surface area contributed by atoms with Crippen LogP contribution < -0.4 is 5.43 Å². The molecule has 3 aromatic carbocycles. The number of hydrogen-bond donors (Lipinski definition) is 1. The Labute approximate surface area is 133 Å². The number of fused-ring (bicyclic) bond motifs is 2. The van der Waals surface area contributed by atoms with Crippen molar-refractivity contribution < 1.29 is 0 Å². The molecule has 4 nitrogen and oxygen atoms in total. The highest BCUT2D eigenvalue weighted by Crippen LogP contribution is 2.16. The van der Waals surface area contributed by atoms with Gasteiger partial charge in [0, 0.05) is 0 Å². The molecule has 1 heterocycles. The van der Waals surface area contributed by atoms with Crippen LogP contribution >= 0.6 is 0 Å². The monoisotopic (exact) mass is 298 g/mol. The highest BCUT2D eigenvalue weighted by molar-refractivity contribution is 5.91. The lowest BCUT2D eigenvalue weighted by atomic mass is 10.2. The van der Waals surface area contributed by atoms with Crippen LogP contribution in [0.3, 0.4) is 0 Å². The van der Waals surface area contributed by atoms with Gasteiger partial charge in [-0.15, -0.1) is 0 Å². The third-order valence-corrected chi connectivity index (χ3v) is 3.54. The molecule has 0 atom stereocenters. The minimum Gasteiger partial charge on any atom is -0.279 e. The van der Waals surface area contributed by atoms with Crippen LogP contribution in [0.15, 0.2) is 77.9 Å². The summed E-state index contributed by atoms with van der Waals surface area (Å²) in [5.74, 6) is 0. The van der Waals surface area contributed by atoms with E-state index in [-0.39, 0.29) is 0 Å². The molecule has 0 saturated heterocycles. The van der Waals surface area contributed by atoms with Gasteiger partial charge < -0.3 is 0 Å². The Balaban J connectivity index is 1.64. The number of anilines is 1. The summed E-state index contributed by atoms with van der Waals surface area (Å²) in [5.41, 5.74) is 8.50. The van der Waals surface area contributed by atoms with Crippen molar-refractivity contribution in [2.24, 2.45) is 5.10 Å². The molecule has 1 N–H and O–H groups in total. The van der Waals surface area contributed by atoms with E-state index in [2.05, 4.69) is 20.5 Å². The molecule has 0 aliphatic rings. The van der Waals surface area contributed by atoms with Gasteiger partial charge in [0.2, 0.25) is 0 Å². The molecule has 0 amide bonds. The molecule has 4 rings (SSSR count). The lowest BCUT2D eigenvalue weighted by molar-refractivity contribution is 1.35. The molecular formula is C19H14N4. The molecule has 0 unspecified atom stereocenters. The fourth-order valence-electron chi connectivity index (χ4n) is 2.41. The summed E-state index contributed by atoms with van der Waals surface area (Å²) in [7, 11) is 0. The highest BCUT2D eigenvalue weighted by Gasteiger charge is 2.01. The lowest BCUT2D eigenvalue weighted by Crippen LogP contribution is -1.92. The molecule has 4 aromatic rings. The molecule has 1 aromatic heterocycles. The summed E-state index contributed by atoms with van der Waals surface area (Å²) in [6.07, 6.45) is 1.78. The van der Waals surface area contributed by atoms with Gasteiger partial charge in [0.1, 0.15) is 0 Å². The van der Waals surface area contributed by atoms with Crippen LogP contribution in [0.5, 0.6) is 0 Å². The minimum absolute atomic E-state index is 0.868. The van der Waals surface area contributed by atoms with E-state index in [1.165, 1.54) is 0 Å². The second-order valence-corrected chi connectivity index (χ2v) is 5.20. The first-order valence-corrected chi connectivity index (χ1v) is 7.39. The van der Waals surface area contributed by atoms with Gasteiger partial charge >= 0.3 is 0 Å². The van der Waals surface area contributed by atoms with Gasteiger partial charge in [-0.2, -0.15) is 5.10 Å². The molecule has 0 radical (unpaired) electrons. The van der Waals surface area contributed by atoms with Crippen molar-refractivity contribution in [3.05, 3.63) is 78.4 Å². The zero-order chi connectivity index (χ0) is 15.5. The quantitative estimate of drug-likeness (QED) is 0.350. The summed E-state index contributed by atoms with van der Waals surface area (Å²) in [6.45, 7) is 0. The Morgan fingerprint density at radius 2 is 1.35 bits per heavy atom. The van der Waals surface area contributed by atoms with Gasteiger partial charge in [-0.25, -0.2) is 9.97 Å². The zero-order valence-corrected chi connectivity index (χ0v) is 12.3. The van der Waals surface area contributed by atoms with Crippen LogP contribution in [0.4, 0.5) is 5.69 Å². The van der Waals surface area contributed by atoms with Crippen LogP contribution in [-0.4, -0.2) is 16.2 Å². The maximum absolute atomic E-state index is 4.66. The van der Waals surface area contributed by atoms with Crippen molar-refractivity contribution in [3.8, 4) is 0 Å². The largest absolute Gasteiger partial charge is 0.279 e. The number of rotatable bonds is 3. The number of aromatic nitrogens is 2. The average molecular weight is 298 g/mol. The first kappa shape index (κ1) is 13.4. The molecule has 23 heavy (non-hydrogen) atoms. The Morgan fingerprint density at radius 3 is 2.13 bits per heavy atom. The summed E-state index contributed by atoms with van der Waals surface area (Å²) in [4.78, 5) is 9.28. The minimum atomic E-state index is 0.868. The Hall–Kier alpha value is -3.27. The lowest BCUT2D eigenvalue weighted by Gasteiger charge is -2.02. The van der Waals surface area contributed by atoms with E-state index in [9.17, 15) is 0 Å². The standard InChI is InChI=1S/C19H14N4/c1-2-6-15(7-3-1)23-20-13-14-10-11-18-19(12-14)22-17-9-5-4-8-16(17)21-18/h1-13,23H/b20-13+. The molecule has 0 spiro atoms. The normalized spacial score (nSPS) is 11.3. The number of para-hydroxylation sites is 3. The molecule has 0 aliphatic heterocycles. The molecule has 110 valence electrons. The van der Waals surface area contributed by atoms with Crippen LogP contribution in [0.1, 0.15) is 5.56 Å². The van der Waals surface area contributed by atoms with Crippen molar-refractivity contribution in [3.63, 3.8) is 0 Å². The molecule has 0 saturated carbocycles. The second kappa shape index (κ2) is 5.85. The zero-order valence-electron chi connectivity index (χ0n) is 12.3. The van der Waals surface area contributed by atoms with E-state index in [0.717, 1.165) is 33.3 Å². The first-order chi connectivity index (χ1) is 11.4. The predicted octanol–water partition coefficient (Wildman–Crippen LogP) is 4.23. The Bertz CT molecular complexity index is 994. The second-order valence-electron chi connectivity index (χ2n) is 5.20. The number of nitrogens with one attached hydrogen (secondary N) is 1. The van der Waals surface area contributed by atoms with E-state index in [4.69, 9.17) is 0 Å². The third kappa shape index (κ3) is 2.87. The number of hydrogen-bond acceptors (Lipinski definition) is 4. The number of nitrogens with zero attached hydrogens (tertiary/aromatic N) is 3. The van der Waals surface area contributed by atoms with E-state index in [0.29, 0.717) is 0 Å². The Morgan fingerprint density at radius 1 is 0.696 bits per heavy atom. The number of benzene rings is 3. The molecule has 0 fully saturated rings. The molecular weight excluding hydrogens is 284 g/mol. The van der Waals surface area contributed by atoms with Crippen LogP contribution in [-0.2, 0) is 0 Å². The summed E-state index contributed by atoms with van der Waals surface area (Å²) < 4.78 is 0. The van der Waals surface area contributed by atoms with Crippen molar-refractivity contribution in [2.45, 2.75) is 0 Å². The summed E-state index contributed by atoms with van der Waals surface area (Å²) in [5, 5.41) is 4.26. The van der Waals surface area contributed by atoms with Gasteiger partial charge in [0.15, 0.2) is 0 Å². The molecule has 4 heteroatoms. The van der Waals surface area contributed by atoms with Gasteiger partial charge in [0.05, 0.1) is 34.0 Å². The topological polar surface area (TPSA) is 50.2 Å². The van der Waals surface area contributed by atoms with Gasteiger partial charge in [-0.1, -0.05) is 36.4 Å². The molecule has 0 bridgehead atoms. The van der Waals surface area contributed by atoms with E-state index in [1.807, 2.05) is 72.8 Å². The molecule has 0 aliphatic carbocycles. The maximum Gasteiger partial charge on any atom is 0.0901 e. The predicted molar refractivity (Wildman–Crippen MR) is 94.7 cm³/mol. The first-order valence-electron chi connectivity index (χ1n) is 7.39. The van der Waals surface area contributed by atoms with Crippen molar-refractivity contribution in [2.75, 3.05) is 5.43 Å². The van der Waals surface area contributed by atoms with Crippen LogP contribution in [0.25, 0.3) is 22.1 Å². The fraction of sp³-hybridized carbons (Fsp3) is 0. The fourth-order valence-corrected chi connectivity index (χ4v) is 2.41. The maximum atomic E-state index is 4.66. The third-order valence-electron chi connectivity index (χ3n) is 3.54.